The lowest BCUT2D eigenvalue weighted by Gasteiger charge is -2.21. The minimum Gasteiger partial charge on any atom is -0.497 e. The Kier molecular flexibility index (Phi) is 8.24. The number of benzene rings is 4. The summed E-state index contributed by atoms with van der Waals surface area (Å²) < 4.78 is 7.56. The number of nitrogens with one attached hydrogen (secondary N) is 2. The number of methoxy groups -OCH3 is 1. The van der Waals surface area contributed by atoms with Crippen LogP contribution in [0.5, 0.6) is 5.75 Å². The average Bonchev–Trinajstić information content (AvgIpc) is 3.71. The molecule has 228 valence electrons. The van der Waals surface area contributed by atoms with E-state index in [1.54, 1.807) is 25.4 Å². The topological polar surface area (TPSA) is 97.7 Å². The Morgan fingerprint density at radius 3 is 2.43 bits per heavy atom. The zero-order chi connectivity index (χ0) is 31.3. The second kappa shape index (κ2) is 13.1. The van der Waals surface area contributed by atoms with Gasteiger partial charge in [0.1, 0.15) is 17.3 Å². The number of aromatic nitrogens is 5. The predicted molar refractivity (Wildman–Crippen MR) is 180 cm³/mol. The second-order valence-corrected chi connectivity index (χ2v) is 11.4. The lowest BCUT2D eigenvalue weighted by Crippen LogP contribution is -2.33. The highest BCUT2D eigenvalue weighted by atomic mass is 16.5. The van der Waals surface area contributed by atoms with Crippen molar-refractivity contribution in [2.45, 2.75) is 31.8 Å². The molecule has 0 spiro atoms. The summed E-state index contributed by atoms with van der Waals surface area (Å²) in [5, 5.41) is 16.3. The van der Waals surface area contributed by atoms with Crippen LogP contribution in [0.2, 0.25) is 0 Å². The van der Waals surface area contributed by atoms with Crippen LogP contribution in [-0.2, 0) is 25.8 Å². The summed E-state index contributed by atoms with van der Waals surface area (Å²) in [6, 6.07) is 35.8. The van der Waals surface area contributed by atoms with Crippen molar-refractivity contribution in [3.63, 3.8) is 0 Å². The highest BCUT2D eigenvalue weighted by Crippen LogP contribution is 2.27. The normalized spacial score (nSPS) is 11.9. The first-order valence-corrected chi connectivity index (χ1v) is 15.4. The van der Waals surface area contributed by atoms with Crippen LogP contribution in [0.25, 0.3) is 21.7 Å². The van der Waals surface area contributed by atoms with Crippen molar-refractivity contribution in [2.24, 2.45) is 0 Å². The van der Waals surface area contributed by atoms with Gasteiger partial charge in [0.05, 0.1) is 19.7 Å². The number of amides is 1. The molecule has 0 saturated heterocycles. The van der Waals surface area contributed by atoms with E-state index in [1.165, 1.54) is 10.9 Å². The van der Waals surface area contributed by atoms with Gasteiger partial charge in [0.25, 0.3) is 5.91 Å². The SMILES string of the molecule is COc1ccc(Cn2c(CCc3c[nH]c4ccccc34)nnc2[C@@H](Cc2cccc3ccccc23)NC(=O)c2ccccn2)cc1. The third-order valence-electron chi connectivity index (χ3n) is 8.47. The molecule has 8 heteroatoms. The summed E-state index contributed by atoms with van der Waals surface area (Å²) in [5.74, 6) is 2.09. The first kappa shape index (κ1) is 29.0. The summed E-state index contributed by atoms with van der Waals surface area (Å²) in [5.41, 5.74) is 4.89. The Morgan fingerprint density at radius 2 is 1.61 bits per heavy atom. The molecule has 2 N–H and O–H groups in total. The van der Waals surface area contributed by atoms with E-state index in [2.05, 4.69) is 86.7 Å². The first-order chi connectivity index (χ1) is 22.7. The Hall–Kier alpha value is -5.76. The highest BCUT2D eigenvalue weighted by molar-refractivity contribution is 5.92. The van der Waals surface area contributed by atoms with Crippen LogP contribution in [0, 0.1) is 0 Å². The molecule has 7 aromatic rings. The molecule has 0 aliphatic heterocycles. The van der Waals surface area contributed by atoms with Crippen molar-refractivity contribution in [3.8, 4) is 5.75 Å². The van der Waals surface area contributed by atoms with Gasteiger partial charge in [-0.15, -0.1) is 10.2 Å². The third kappa shape index (κ3) is 6.10. The molecular weight excluding hydrogens is 572 g/mol. The maximum atomic E-state index is 13.6. The molecule has 1 atom stereocenters. The van der Waals surface area contributed by atoms with Gasteiger partial charge in [-0.25, -0.2) is 0 Å². The predicted octanol–water partition coefficient (Wildman–Crippen LogP) is 6.86. The Labute approximate surface area is 267 Å². The molecule has 7 rings (SSSR count). The van der Waals surface area contributed by atoms with Crippen LogP contribution in [-0.4, -0.2) is 37.7 Å². The molecular formula is C38H34N6O2. The van der Waals surface area contributed by atoms with Gasteiger partial charge in [-0.05, 0) is 64.2 Å². The van der Waals surface area contributed by atoms with Crippen LogP contribution in [0.3, 0.4) is 0 Å². The molecule has 0 aliphatic carbocycles. The monoisotopic (exact) mass is 606 g/mol. The fourth-order valence-corrected chi connectivity index (χ4v) is 6.09. The van der Waals surface area contributed by atoms with Gasteiger partial charge in [0, 0.05) is 36.1 Å². The molecule has 0 fully saturated rings. The van der Waals surface area contributed by atoms with Crippen molar-refractivity contribution >= 4 is 27.6 Å². The molecule has 0 aliphatic rings. The molecule has 0 radical (unpaired) electrons. The minimum absolute atomic E-state index is 0.259. The summed E-state index contributed by atoms with van der Waals surface area (Å²) >= 11 is 0. The van der Waals surface area contributed by atoms with E-state index in [0.717, 1.165) is 45.4 Å². The quantitative estimate of drug-likeness (QED) is 0.168. The molecule has 1 amide bonds. The number of hydrogen-bond acceptors (Lipinski definition) is 5. The second-order valence-electron chi connectivity index (χ2n) is 11.4. The van der Waals surface area contributed by atoms with Crippen LogP contribution < -0.4 is 10.1 Å². The maximum Gasteiger partial charge on any atom is 0.270 e. The van der Waals surface area contributed by atoms with E-state index in [1.807, 2.05) is 36.4 Å². The van der Waals surface area contributed by atoms with Gasteiger partial charge in [0.15, 0.2) is 5.82 Å². The fourth-order valence-electron chi connectivity index (χ4n) is 6.09. The van der Waals surface area contributed by atoms with E-state index in [9.17, 15) is 4.79 Å². The number of rotatable bonds is 11. The number of hydrogen-bond donors (Lipinski definition) is 2. The van der Waals surface area contributed by atoms with E-state index in [0.29, 0.717) is 30.9 Å². The van der Waals surface area contributed by atoms with E-state index < -0.39 is 6.04 Å². The van der Waals surface area contributed by atoms with Gasteiger partial charge in [-0.1, -0.05) is 78.9 Å². The summed E-state index contributed by atoms with van der Waals surface area (Å²) in [4.78, 5) is 21.3. The van der Waals surface area contributed by atoms with Crippen LogP contribution in [0.15, 0.2) is 122 Å². The van der Waals surface area contributed by atoms with Crippen molar-refractivity contribution in [1.29, 1.82) is 0 Å². The van der Waals surface area contributed by atoms with Crippen molar-refractivity contribution in [3.05, 3.63) is 156 Å². The van der Waals surface area contributed by atoms with Crippen molar-refractivity contribution in [1.82, 2.24) is 30.0 Å². The molecule has 0 unspecified atom stereocenters. The number of nitrogens with zero attached hydrogens (tertiary/aromatic N) is 4. The molecule has 4 aromatic carbocycles. The van der Waals surface area contributed by atoms with Crippen molar-refractivity contribution < 1.29 is 9.53 Å². The molecule has 0 bridgehead atoms. The fraction of sp³-hybridized carbons (Fsp3) is 0.158. The highest BCUT2D eigenvalue weighted by Gasteiger charge is 2.25. The zero-order valence-corrected chi connectivity index (χ0v) is 25.6. The number of aromatic amines is 1. The van der Waals surface area contributed by atoms with Gasteiger partial charge in [-0.2, -0.15) is 0 Å². The number of fused-ring (bicyclic) bond motifs is 2. The molecule has 8 nitrogen and oxygen atoms in total. The Balaban J connectivity index is 1.28. The smallest absolute Gasteiger partial charge is 0.270 e. The number of ether oxygens (including phenoxy) is 1. The molecule has 3 heterocycles. The first-order valence-electron chi connectivity index (χ1n) is 15.4. The van der Waals surface area contributed by atoms with E-state index in [-0.39, 0.29) is 5.91 Å². The van der Waals surface area contributed by atoms with Gasteiger partial charge < -0.3 is 19.6 Å². The molecule has 46 heavy (non-hydrogen) atoms. The largest absolute Gasteiger partial charge is 0.497 e. The zero-order valence-electron chi connectivity index (χ0n) is 25.6. The van der Waals surface area contributed by atoms with Gasteiger partial charge >= 0.3 is 0 Å². The van der Waals surface area contributed by atoms with Crippen LogP contribution in [0.4, 0.5) is 0 Å². The number of para-hydroxylation sites is 1. The number of carbonyl (C=O) groups is 1. The number of pyridine rings is 1. The minimum atomic E-state index is -0.465. The third-order valence-corrected chi connectivity index (χ3v) is 8.47. The molecule has 0 saturated carbocycles. The van der Waals surface area contributed by atoms with Crippen LogP contribution in [0.1, 0.15) is 44.9 Å². The Morgan fingerprint density at radius 1 is 0.826 bits per heavy atom. The standard InChI is InChI=1S/C38H34N6O2/c1-46-30-19-16-26(17-20-30)25-44-36(21-18-29-24-40-33-14-5-4-13-32(29)33)42-43-37(44)35(41-38(45)34-15-6-7-22-39-34)23-28-11-8-10-27-9-2-3-12-31(27)28/h2-17,19-20,22,24,35,40H,18,21,23,25H2,1H3,(H,41,45)/t35-/m1/s1. The lowest BCUT2D eigenvalue weighted by atomic mass is 9.98. The van der Waals surface area contributed by atoms with E-state index >= 15 is 0 Å². The summed E-state index contributed by atoms with van der Waals surface area (Å²) in [6.07, 6.45) is 5.71. The molecule has 3 aromatic heterocycles. The van der Waals surface area contributed by atoms with Gasteiger partial charge in [-0.3, -0.25) is 9.78 Å². The van der Waals surface area contributed by atoms with E-state index in [4.69, 9.17) is 14.9 Å². The number of carbonyl (C=O) groups excluding carboxylic acids is 1. The van der Waals surface area contributed by atoms with Gasteiger partial charge in [0.2, 0.25) is 0 Å². The number of aryl methyl sites for hydroxylation is 2. The maximum absolute atomic E-state index is 13.6. The summed E-state index contributed by atoms with van der Waals surface area (Å²) in [7, 11) is 1.66. The summed E-state index contributed by atoms with van der Waals surface area (Å²) in [6.45, 7) is 0.543. The average molecular weight is 607 g/mol. The number of H-pyrrole nitrogens is 1. The Bertz CT molecular complexity index is 2090. The lowest BCUT2D eigenvalue weighted by molar-refractivity contribution is 0.0929. The van der Waals surface area contributed by atoms with Crippen LogP contribution >= 0.6 is 0 Å². The van der Waals surface area contributed by atoms with Crippen molar-refractivity contribution in [2.75, 3.05) is 7.11 Å².